The van der Waals surface area contributed by atoms with E-state index < -0.39 is 0 Å². The number of phenols is 1. The van der Waals surface area contributed by atoms with Crippen LogP contribution in [0.2, 0.25) is 0 Å². The van der Waals surface area contributed by atoms with Gasteiger partial charge in [-0.15, -0.1) is 0 Å². The Hall–Kier alpha value is -2.17. The van der Waals surface area contributed by atoms with Crippen molar-refractivity contribution in [2.24, 2.45) is 0 Å². The van der Waals surface area contributed by atoms with E-state index in [1.807, 2.05) is 0 Å². The molecule has 0 aliphatic rings. The molecule has 0 aliphatic carbocycles. The molecule has 0 spiro atoms. The van der Waals surface area contributed by atoms with Gasteiger partial charge in [0.25, 0.3) is 0 Å². The van der Waals surface area contributed by atoms with Crippen molar-refractivity contribution in [2.75, 3.05) is 12.8 Å². The largest absolute Gasteiger partial charge is 0.505 e. The zero-order valence-electron chi connectivity index (χ0n) is 8.80. The number of nitrogens with zero attached hydrogens (tertiary/aromatic N) is 1. The topological polar surface area (TPSA) is 81.5 Å². The standard InChI is InChI=1S/C11H12N2O3/c1-15-8-3-2-7(11(14)10(8)12)6-9-13-4-5-16-9/h2-5,14H,6,12H2,1H3. The van der Waals surface area contributed by atoms with Crippen LogP contribution in [-0.4, -0.2) is 17.2 Å². The molecule has 16 heavy (non-hydrogen) atoms. The Morgan fingerprint density at radius 3 is 2.94 bits per heavy atom. The van der Waals surface area contributed by atoms with E-state index in [2.05, 4.69) is 4.98 Å². The van der Waals surface area contributed by atoms with Crippen LogP contribution in [0.15, 0.2) is 29.0 Å². The minimum atomic E-state index is 0.0116. The molecule has 0 unspecified atom stereocenters. The Morgan fingerprint density at radius 2 is 2.31 bits per heavy atom. The highest BCUT2D eigenvalue weighted by atomic mass is 16.5. The molecule has 0 saturated heterocycles. The van der Waals surface area contributed by atoms with E-state index in [0.717, 1.165) is 0 Å². The lowest BCUT2D eigenvalue weighted by atomic mass is 10.1. The van der Waals surface area contributed by atoms with Gasteiger partial charge in [-0.3, -0.25) is 0 Å². The van der Waals surface area contributed by atoms with Crippen molar-refractivity contribution >= 4 is 5.69 Å². The lowest BCUT2D eigenvalue weighted by molar-refractivity contribution is 0.409. The molecule has 2 aromatic rings. The Morgan fingerprint density at radius 1 is 1.50 bits per heavy atom. The van der Waals surface area contributed by atoms with E-state index in [-0.39, 0.29) is 11.4 Å². The van der Waals surface area contributed by atoms with E-state index in [1.165, 1.54) is 13.4 Å². The maximum Gasteiger partial charge on any atom is 0.198 e. The maximum atomic E-state index is 9.83. The second-order valence-electron chi connectivity index (χ2n) is 3.29. The molecule has 2 rings (SSSR count). The van der Waals surface area contributed by atoms with Crippen molar-refractivity contribution in [1.29, 1.82) is 0 Å². The van der Waals surface area contributed by atoms with Crippen LogP contribution in [0, 0.1) is 0 Å². The van der Waals surface area contributed by atoms with E-state index in [0.29, 0.717) is 23.6 Å². The molecule has 0 bridgehead atoms. The molecule has 0 fully saturated rings. The van der Waals surface area contributed by atoms with Crippen molar-refractivity contribution in [3.63, 3.8) is 0 Å². The lowest BCUT2D eigenvalue weighted by Crippen LogP contribution is -1.97. The summed E-state index contributed by atoms with van der Waals surface area (Å²) in [5.74, 6) is 0.992. The van der Waals surface area contributed by atoms with Gasteiger partial charge in [-0.1, -0.05) is 6.07 Å². The van der Waals surface area contributed by atoms with Gasteiger partial charge in [-0.25, -0.2) is 4.98 Å². The number of benzene rings is 1. The van der Waals surface area contributed by atoms with Gasteiger partial charge in [0.05, 0.1) is 19.7 Å². The highest BCUT2D eigenvalue weighted by Crippen LogP contribution is 2.34. The number of anilines is 1. The quantitative estimate of drug-likeness (QED) is 0.606. The highest BCUT2D eigenvalue weighted by Gasteiger charge is 2.12. The Bertz CT molecular complexity index is 480. The molecular weight excluding hydrogens is 208 g/mol. The summed E-state index contributed by atoms with van der Waals surface area (Å²) in [5, 5.41) is 9.83. The Balaban J connectivity index is 2.32. The fraction of sp³-hybridized carbons (Fsp3) is 0.182. The fourth-order valence-electron chi connectivity index (χ4n) is 1.46. The molecular formula is C11H12N2O3. The predicted octanol–water partition coefficient (Wildman–Crippen LogP) is 1.56. The van der Waals surface area contributed by atoms with Gasteiger partial charge < -0.3 is 20.0 Å². The number of phenolic OH excluding ortho intramolecular Hbond substituents is 1. The lowest BCUT2D eigenvalue weighted by Gasteiger charge is -2.09. The van der Waals surface area contributed by atoms with Gasteiger partial charge in [0, 0.05) is 5.56 Å². The monoisotopic (exact) mass is 220 g/mol. The number of nitrogen functional groups attached to an aromatic ring is 1. The molecule has 5 nitrogen and oxygen atoms in total. The molecule has 0 amide bonds. The smallest absolute Gasteiger partial charge is 0.198 e. The molecule has 1 aromatic heterocycles. The molecule has 84 valence electrons. The number of ether oxygens (including phenoxy) is 1. The van der Waals surface area contributed by atoms with Crippen molar-refractivity contribution < 1.29 is 14.3 Å². The van der Waals surface area contributed by atoms with Gasteiger partial charge >= 0.3 is 0 Å². The average molecular weight is 220 g/mol. The molecule has 0 atom stereocenters. The first-order valence-corrected chi connectivity index (χ1v) is 4.75. The summed E-state index contributed by atoms with van der Waals surface area (Å²) in [7, 11) is 1.50. The normalized spacial score (nSPS) is 10.3. The number of oxazole rings is 1. The van der Waals surface area contributed by atoms with Crippen LogP contribution >= 0.6 is 0 Å². The van der Waals surface area contributed by atoms with Crippen LogP contribution in [0.5, 0.6) is 11.5 Å². The van der Waals surface area contributed by atoms with Crippen LogP contribution in [0.3, 0.4) is 0 Å². The third kappa shape index (κ3) is 1.79. The average Bonchev–Trinajstić information content (AvgIpc) is 2.78. The minimum Gasteiger partial charge on any atom is -0.505 e. The first-order valence-electron chi connectivity index (χ1n) is 4.75. The molecule has 1 heterocycles. The number of methoxy groups -OCH3 is 1. The summed E-state index contributed by atoms with van der Waals surface area (Å²) in [6.07, 6.45) is 3.44. The Kier molecular flexibility index (Phi) is 2.68. The van der Waals surface area contributed by atoms with Gasteiger partial charge in [0.2, 0.25) is 0 Å². The molecule has 0 radical (unpaired) electrons. The fourth-order valence-corrected chi connectivity index (χ4v) is 1.46. The van der Waals surface area contributed by atoms with Gasteiger partial charge in [-0.2, -0.15) is 0 Å². The number of hydrogen-bond acceptors (Lipinski definition) is 5. The molecule has 3 N–H and O–H groups in total. The molecule has 0 saturated carbocycles. The predicted molar refractivity (Wildman–Crippen MR) is 58.4 cm³/mol. The van der Waals surface area contributed by atoms with Crippen molar-refractivity contribution in [3.8, 4) is 11.5 Å². The second-order valence-corrected chi connectivity index (χ2v) is 3.29. The summed E-state index contributed by atoms with van der Waals surface area (Å²) < 4.78 is 10.1. The highest BCUT2D eigenvalue weighted by molar-refractivity contribution is 5.65. The van der Waals surface area contributed by atoms with Gasteiger partial charge in [0.15, 0.2) is 5.89 Å². The SMILES string of the molecule is COc1ccc(Cc2ncco2)c(O)c1N. The van der Waals surface area contributed by atoms with Crippen LogP contribution in [0.1, 0.15) is 11.5 Å². The third-order valence-electron chi connectivity index (χ3n) is 2.31. The van der Waals surface area contributed by atoms with Crippen LogP contribution in [0.25, 0.3) is 0 Å². The molecule has 0 aliphatic heterocycles. The first-order chi connectivity index (χ1) is 7.72. The summed E-state index contributed by atoms with van der Waals surface area (Å²) in [4.78, 5) is 3.98. The van der Waals surface area contributed by atoms with Gasteiger partial charge in [0.1, 0.15) is 23.4 Å². The summed E-state index contributed by atoms with van der Waals surface area (Å²) in [5.41, 5.74) is 6.58. The van der Waals surface area contributed by atoms with E-state index in [1.54, 1.807) is 18.3 Å². The van der Waals surface area contributed by atoms with Gasteiger partial charge in [-0.05, 0) is 6.07 Å². The second kappa shape index (κ2) is 4.14. The number of aromatic nitrogens is 1. The molecule has 1 aromatic carbocycles. The number of hydrogen-bond donors (Lipinski definition) is 2. The molecule has 5 heteroatoms. The first kappa shape index (κ1) is 10.4. The van der Waals surface area contributed by atoms with E-state index in [4.69, 9.17) is 14.9 Å². The summed E-state index contributed by atoms with van der Waals surface area (Å²) in [6, 6.07) is 3.43. The van der Waals surface area contributed by atoms with E-state index in [9.17, 15) is 5.11 Å². The van der Waals surface area contributed by atoms with Crippen molar-refractivity contribution in [1.82, 2.24) is 4.98 Å². The number of aromatic hydroxyl groups is 1. The van der Waals surface area contributed by atoms with Crippen LogP contribution in [0.4, 0.5) is 5.69 Å². The van der Waals surface area contributed by atoms with Crippen molar-refractivity contribution in [2.45, 2.75) is 6.42 Å². The minimum absolute atomic E-state index is 0.0116. The van der Waals surface area contributed by atoms with Crippen molar-refractivity contribution in [3.05, 3.63) is 36.0 Å². The summed E-state index contributed by atoms with van der Waals surface area (Å²) >= 11 is 0. The van der Waals surface area contributed by atoms with Crippen LogP contribution in [-0.2, 0) is 6.42 Å². The zero-order valence-corrected chi connectivity index (χ0v) is 8.80. The third-order valence-corrected chi connectivity index (χ3v) is 2.31. The summed E-state index contributed by atoms with van der Waals surface area (Å²) in [6.45, 7) is 0. The number of nitrogens with two attached hydrogens (primary N) is 1. The zero-order chi connectivity index (χ0) is 11.5. The maximum absolute atomic E-state index is 9.83. The number of rotatable bonds is 3. The van der Waals surface area contributed by atoms with E-state index >= 15 is 0 Å². The van der Waals surface area contributed by atoms with Crippen LogP contribution < -0.4 is 10.5 Å². The Labute approximate surface area is 92.5 Å².